The van der Waals surface area contributed by atoms with Gasteiger partial charge in [-0.2, -0.15) is 0 Å². The molecule has 0 rings (SSSR count). The van der Waals surface area contributed by atoms with Crippen molar-refractivity contribution in [1.82, 2.24) is 10.6 Å². The first-order valence-corrected chi connectivity index (χ1v) is 9.62. The molecule has 3 nitrogen and oxygen atoms in total. The fourth-order valence-corrected chi connectivity index (χ4v) is 2.37. The molecule has 0 saturated heterocycles. The number of nitrogens with zero attached hydrogens (tertiary/aromatic N) is 1. The van der Waals surface area contributed by atoms with Crippen molar-refractivity contribution < 1.29 is 0 Å². The van der Waals surface area contributed by atoms with E-state index in [0.29, 0.717) is 12.1 Å². The smallest absolute Gasteiger partial charge is 0.191 e. The van der Waals surface area contributed by atoms with E-state index in [1.54, 1.807) is 0 Å². The van der Waals surface area contributed by atoms with Crippen LogP contribution in [0.5, 0.6) is 0 Å². The van der Waals surface area contributed by atoms with Gasteiger partial charge in [0.2, 0.25) is 0 Å². The third kappa shape index (κ3) is 10.0. The van der Waals surface area contributed by atoms with E-state index in [1.165, 1.54) is 12.5 Å². The lowest BCUT2D eigenvalue weighted by Gasteiger charge is -2.17. The van der Waals surface area contributed by atoms with Gasteiger partial charge in [-0.25, -0.2) is 0 Å². The molecule has 0 fully saturated rings. The summed E-state index contributed by atoms with van der Waals surface area (Å²) in [5.74, 6) is 0.954. The van der Waals surface area contributed by atoms with Crippen LogP contribution in [0.4, 0.5) is 0 Å². The molecule has 0 aromatic rings. The third-order valence-corrected chi connectivity index (χ3v) is 3.62. The quantitative estimate of drug-likeness (QED) is 0.325. The Kier molecular flexibility index (Phi) is 8.34. The molecule has 16 heavy (non-hydrogen) atoms. The second kappa shape index (κ2) is 8.62. The lowest BCUT2D eigenvalue weighted by Crippen LogP contribution is -2.44. The van der Waals surface area contributed by atoms with Crippen molar-refractivity contribution in [2.75, 3.05) is 6.54 Å². The molecular weight excluding hydrogens is 214 g/mol. The van der Waals surface area contributed by atoms with Crippen molar-refractivity contribution in [3.8, 4) is 0 Å². The first-order chi connectivity index (χ1) is 7.41. The molecule has 2 N–H and O–H groups in total. The zero-order valence-electron chi connectivity index (χ0n) is 11.8. The number of nitrogens with one attached hydrogen (secondary N) is 2. The first-order valence-electron chi connectivity index (χ1n) is 6.49. The second-order valence-corrected chi connectivity index (χ2v) is 8.73. The van der Waals surface area contributed by atoms with Gasteiger partial charge in [0.1, 0.15) is 0 Å². The van der Waals surface area contributed by atoms with Crippen LogP contribution in [-0.2, 0) is 0 Å². The van der Waals surface area contributed by atoms with Gasteiger partial charge in [0, 0.05) is 27.4 Å². The molecule has 0 aliphatic rings. The van der Waals surface area contributed by atoms with Gasteiger partial charge in [0.05, 0.1) is 0 Å². The molecule has 0 radical (unpaired) electrons. The standard InChI is InChI=1S/C12H29N3Si/c1-10(2)14-12(15-11(3)4)13-8-7-9-16(5)6/h10-11,16H,7-9H2,1-6H3,(H2,13,14,15). The highest BCUT2D eigenvalue weighted by Gasteiger charge is 2.02. The van der Waals surface area contributed by atoms with E-state index < -0.39 is 8.80 Å². The van der Waals surface area contributed by atoms with E-state index in [0.717, 1.165) is 12.5 Å². The van der Waals surface area contributed by atoms with Crippen LogP contribution in [0.3, 0.4) is 0 Å². The fraction of sp³-hybridized carbons (Fsp3) is 0.917. The Hall–Kier alpha value is -0.513. The molecule has 0 spiro atoms. The molecule has 4 heteroatoms. The second-order valence-electron chi connectivity index (χ2n) is 5.36. The van der Waals surface area contributed by atoms with Gasteiger partial charge in [-0.05, 0) is 34.1 Å². The average Bonchev–Trinajstić information content (AvgIpc) is 2.09. The van der Waals surface area contributed by atoms with Gasteiger partial charge in [-0.1, -0.05) is 19.1 Å². The maximum atomic E-state index is 4.59. The Morgan fingerprint density at radius 2 is 1.56 bits per heavy atom. The minimum absolute atomic E-state index is 0.401. The summed E-state index contributed by atoms with van der Waals surface area (Å²) >= 11 is 0. The number of hydrogen-bond donors (Lipinski definition) is 2. The molecule has 0 aromatic heterocycles. The summed E-state index contributed by atoms with van der Waals surface area (Å²) in [5, 5.41) is 6.70. The lowest BCUT2D eigenvalue weighted by molar-refractivity contribution is 0.654. The van der Waals surface area contributed by atoms with E-state index in [-0.39, 0.29) is 0 Å². The Morgan fingerprint density at radius 1 is 1.06 bits per heavy atom. The molecule has 0 saturated carbocycles. The predicted octanol–water partition coefficient (Wildman–Crippen LogP) is 2.22. The van der Waals surface area contributed by atoms with Crippen LogP contribution in [0.2, 0.25) is 19.1 Å². The minimum atomic E-state index is -0.401. The van der Waals surface area contributed by atoms with Gasteiger partial charge in [0.25, 0.3) is 0 Å². The van der Waals surface area contributed by atoms with Crippen molar-refractivity contribution in [2.45, 2.75) is 65.3 Å². The van der Waals surface area contributed by atoms with E-state index in [4.69, 9.17) is 0 Å². The van der Waals surface area contributed by atoms with Crippen LogP contribution in [0.25, 0.3) is 0 Å². The number of guanidine groups is 1. The summed E-state index contributed by atoms with van der Waals surface area (Å²) < 4.78 is 0. The molecule has 0 heterocycles. The SMILES string of the molecule is CC(C)NC(=NCCC[SiH](C)C)NC(C)C. The van der Waals surface area contributed by atoms with Crippen LogP contribution in [-0.4, -0.2) is 33.4 Å². The highest BCUT2D eigenvalue weighted by atomic mass is 28.3. The summed E-state index contributed by atoms with van der Waals surface area (Å²) in [6.45, 7) is 14.3. The van der Waals surface area contributed by atoms with Crippen molar-refractivity contribution in [1.29, 1.82) is 0 Å². The topological polar surface area (TPSA) is 36.4 Å². The number of aliphatic imine (C=N–C) groups is 1. The maximum Gasteiger partial charge on any atom is 0.191 e. The fourth-order valence-electron chi connectivity index (χ4n) is 1.37. The third-order valence-electron chi connectivity index (χ3n) is 2.06. The van der Waals surface area contributed by atoms with Gasteiger partial charge >= 0.3 is 0 Å². The van der Waals surface area contributed by atoms with Crippen LogP contribution in [0, 0.1) is 0 Å². The van der Waals surface area contributed by atoms with Crippen LogP contribution < -0.4 is 10.6 Å². The van der Waals surface area contributed by atoms with Gasteiger partial charge < -0.3 is 10.6 Å². The molecule has 0 atom stereocenters. The highest BCUT2D eigenvalue weighted by molar-refractivity contribution is 6.55. The van der Waals surface area contributed by atoms with E-state index in [1.807, 2.05) is 0 Å². The Balaban J connectivity index is 4.00. The molecular formula is C12H29N3Si. The Morgan fingerprint density at radius 3 is 1.94 bits per heavy atom. The molecule has 0 aliphatic heterocycles. The zero-order valence-corrected chi connectivity index (χ0v) is 13.0. The van der Waals surface area contributed by atoms with Crippen LogP contribution in [0.15, 0.2) is 4.99 Å². The summed E-state index contributed by atoms with van der Waals surface area (Å²) in [7, 11) is -0.401. The largest absolute Gasteiger partial charge is 0.354 e. The molecule has 0 aliphatic carbocycles. The van der Waals surface area contributed by atoms with Crippen molar-refractivity contribution in [3.05, 3.63) is 0 Å². The molecule has 0 bridgehead atoms. The molecule has 0 aromatic carbocycles. The van der Waals surface area contributed by atoms with Gasteiger partial charge in [0.15, 0.2) is 5.96 Å². The molecule has 0 unspecified atom stereocenters. The summed E-state index contributed by atoms with van der Waals surface area (Å²) in [4.78, 5) is 4.59. The normalized spacial score (nSPS) is 11.1. The van der Waals surface area contributed by atoms with E-state index in [2.05, 4.69) is 56.4 Å². The minimum Gasteiger partial charge on any atom is -0.354 e. The summed E-state index contributed by atoms with van der Waals surface area (Å²) in [5.41, 5.74) is 0. The van der Waals surface area contributed by atoms with Crippen LogP contribution in [0.1, 0.15) is 34.1 Å². The van der Waals surface area contributed by atoms with Crippen molar-refractivity contribution in [2.24, 2.45) is 4.99 Å². The monoisotopic (exact) mass is 243 g/mol. The Bertz CT molecular complexity index is 188. The predicted molar refractivity (Wildman–Crippen MR) is 77.1 cm³/mol. The highest BCUT2D eigenvalue weighted by Crippen LogP contribution is 1.97. The molecule has 0 amide bonds. The van der Waals surface area contributed by atoms with E-state index in [9.17, 15) is 0 Å². The maximum absolute atomic E-state index is 4.59. The zero-order chi connectivity index (χ0) is 12.6. The van der Waals surface area contributed by atoms with Gasteiger partial charge in [-0.15, -0.1) is 0 Å². The summed E-state index contributed by atoms with van der Waals surface area (Å²) in [6, 6.07) is 2.26. The number of rotatable bonds is 6. The van der Waals surface area contributed by atoms with Crippen molar-refractivity contribution in [3.63, 3.8) is 0 Å². The Labute approximate surface area is 103 Å². The number of hydrogen-bond acceptors (Lipinski definition) is 1. The van der Waals surface area contributed by atoms with Gasteiger partial charge in [-0.3, -0.25) is 4.99 Å². The van der Waals surface area contributed by atoms with Crippen molar-refractivity contribution >= 4 is 14.8 Å². The molecule has 96 valence electrons. The lowest BCUT2D eigenvalue weighted by atomic mass is 10.4. The van der Waals surface area contributed by atoms with E-state index >= 15 is 0 Å². The first kappa shape index (κ1) is 15.5. The van der Waals surface area contributed by atoms with Crippen LogP contribution >= 0.6 is 0 Å². The average molecular weight is 243 g/mol. The summed E-state index contributed by atoms with van der Waals surface area (Å²) in [6.07, 6.45) is 1.23.